The number of hydrogen-bond donors (Lipinski definition) is 1. The quantitative estimate of drug-likeness (QED) is 0.677. The largest absolute Gasteiger partial charge is 0.495 e. The SMILES string of the molecule is COc1ccc(NC(=O)C2CC23CCN(C(=O)CSc2ccncc2)CC3)cc1Cl. The fraction of sp³-hybridized carbons (Fsp3) is 0.409. The van der Waals surface area contributed by atoms with Crippen molar-refractivity contribution in [2.75, 3.05) is 31.3 Å². The van der Waals surface area contributed by atoms with Crippen LogP contribution < -0.4 is 10.1 Å². The minimum atomic E-state index is 0.00169. The van der Waals surface area contributed by atoms with Crippen molar-refractivity contribution in [2.24, 2.45) is 11.3 Å². The molecule has 1 saturated heterocycles. The van der Waals surface area contributed by atoms with Gasteiger partial charge in [0.15, 0.2) is 0 Å². The maximum atomic E-state index is 12.7. The van der Waals surface area contributed by atoms with E-state index < -0.39 is 0 Å². The summed E-state index contributed by atoms with van der Waals surface area (Å²) in [6, 6.07) is 9.06. The summed E-state index contributed by atoms with van der Waals surface area (Å²) in [5, 5.41) is 3.44. The van der Waals surface area contributed by atoms with E-state index in [2.05, 4.69) is 10.3 Å². The van der Waals surface area contributed by atoms with E-state index in [0.717, 1.165) is 24.2 Å². The van der Waals surface area contributed by atoms with Crippen LogP contribution in [0.25, 0.3) is 0 Å². The van der Waals surface area contributed by atoms with Gasteiger partial charge in [0.25, 0.3) is 0 Å². The maximum absolute atomic E-state index is 12.7. The zero-order chi connectivity index (χ0) is 21.1. The minimum Gasteiger partial charge on any atom is -0.495 e. The smallest absolute Gasteiger partial charge is 0.232 e. The van der Waals surface area contributed by atoms with Crippen molar-refractivity contribution in [3.8, 4) is 5.75 Å². The summed E-state index contributed by atoms with van der Waals surface area (Å²) in [7, 11) is 1.56. The van der Waals surface area contributed by atoms with Gasteiger partial charge >= 0.3 is 0 Å². The number of anilines is 1. The highest BCUT2D eigenvalue weighted by Gasteiger charge is 2.58. The molecule has 2 heterocycles. The Balaban J connectivity index is 1.25. The number of piperidine rings is 1. The number of halogens is 1. The van der Waals surface area contributed by atoms with Gasteiger partial charge in [-0.15, -0.1) is 11.8 Å². The maximum Gasteiger partial charge on any atom is 0.232 e. The molecule has 2 amide bonds. The zero-order valence-corrected chi connectivity index (χ0v) is 18.3. The average Bonchev–Trinajstić information content (AvgIpc) is 3.47. The number of amides is 2. The molecule has 1 aromatic heterocycles. The topological polar surface area (TPSA) is 71.5 Å². The second kappa shape index (κ2) is 8.86. The molecule has 8 heteroatoms. The van der Waals surface area contributed by atoms with Gasteiger partial charge in [0, 0.05) is 42.0 Å². The Hall–Kier alpha value is -2.25. The number of ether oxygens (including phenoxy) is 1. The molecule has 30 heavy (non-hydrogen) atoms. The Labute approximate surface area is 185 Å². The van der Waals surface area contributed by atoms with Crippen LogP contribution in [0.15, 0.2) is 47.6 Å². The van der Waals surface area contributed by atoms with Gasteiger partial charge in [-0.3, -0.25) is 14.6 Å². The van der Waals surface area contributed by atoms with Crippen molar-refractivity contribution in [3.63, 3.8) is 0 Å². The number of thioether (sulfide) groups is 1. The van der Waals surface area contributed by atoms with E-state index in [-0.39, 0.29) is 23.1 Å². The Morgan fingerprint density at radius 1 is 1.27 bits per heavy atom. The first-order chi connectivity index (χ1) is 14.5. The minimum absolute atomic E-state index is 0.00169. The summed E-state index contributed by atoms with van der Waals surface area (Å²) in [6.07, 6.45) is 6.10. The molecular weight excluding hydrogens is 422 g/mol. The molecule has 1 aromatic carbocycles. The van der Waals surface area contributed by atoms with Gasteiger partial charge in [-0.1, -0.05) is 11.6 Å². The van der Waals surface area contributed by atoms with Crippen LogP contribution in [0.3, 0.4) is 0 Å². The number of aromatic nitrogens is 1. The van der Waals surface area contributed by atoms with Crippen LogP contribution in [0.2, 0.25) is 5.02 Å². The van der Waals surface area contributed by atoms with Gasteiger partial charge in [0.2, 0.25) is 11.8 Å². The lowest BCUT2D eigenvalue weighted by Crippen LogP contribution is -2.41. The molecule has 6 nitrogen and oxygen atoms in total. The lowest BCUT2D eigenvalue weighted by molar-refractivity contribution is -0.130. The average molecular weight is 446 g/mol. The summed E-state index contributed by atoms with van der Waals surface area (Å²) in [6.45, 7) is 1.43. The Kier molecular flexibility index (Phi) is 6.20. The van der Waals surface area contributed by atoms with Crippen molar-refractivity contribution in [3.05, 3.63) is 47.7 Å². The Bertz CT molecular complexity index is 932. The van der Waals surface area contributed by atoms with Crippen LogP contribution >= 0.6 is 23.4 Å². The number of benzene rings is 1. The highest BCUT2D eigenvalue weighted by atomic mass is 35.5. The van der Waals surface area contributed by atoms with Gasteiger partial charge in [0.1, 0.15) is 5.75 Å². The van der Waals surface area contributed by atoms with E-state index in [0.29, 0.717) is 35.3 Å². The third-order valence-corrected chi connectivity index (χ3v) is 7.34. The van der Waals surface area contributed by atoms with Gasteiger partial charge in [0.05, 0.1) is 17.9 Å². The van der Waals surface area contributed by atoms with E-state index >= 15 is 0 Å². The predicted octanol–water partition coefficient (Wildman–Crippen LogP) is 4.10. The standard InChI is InChI=1S/C22H24ClN3O3S/c1-29-19-3-2-15(12-18(19)23)25-21(28)17-13-22(17)6-10-26(11-7-22)20(27)14-30-16-4-8-24-9-5-16/h2-5,8-9,12,17H,6-7,10-11,13-14H2,1H3,(H,25,28). The molecule has 0 radical (unpaired) electrons. The molecule has 158 valence electrons. The zero-order valence-electron chi connectivity index (χ0n) is 16.8. The lowest BCUT2D eigenvalue weighted by Gasteiger charge is -2.32. The van der Waals surface area contributed by atoms with E-state index in [4.69, 9.17) is 16.3 Å². The highest BCUT2D eigenvalue weighted by molar-refractivity contribution is 8.00. The normalized spacial score (nSPS) is 19.4. The fourth-order valence-corrected chi connectivity index (χ4v) is 5.16. The molecule has 1 unspecified atom stereocenters. The van der Waals surface area contributed by atoms with Gasteiger partial charge < -0.3 is 15.0 Å². The van der Waals surface area contributed by atoms with E-state index in [1.807, 2.05) is 17.0 Å². The van der Waals surface area contributed by atoms with Gasteiger partial charge in [-0.05, 0) is 55.0 Å². The number of methoxy groups -OCH3 is 1. The molecule has 4 rings (SSSR count). The van der Waals surface area contributed by atoms with Crippen molar-refractivity contribution >= 4 is 40.9 Å². The van der Waals surface area contributed by atoms with Crippen LogP contribution in [0.1, 0.15) is 19.3 Å². The molecule has 1 saturated carbocycles. The van der Waals surface area contributed by atoms with Crippen molar-refractivity contribution < 1.29 is 14.3 Å². The summed E-state index contributed by atoms with van der Waals surface area (Å²) in [5.41, 5.74) is 0.712. The number of likely N-dealkylation sites (tertiary alicyclic amines) is 1. The molecule has 1 atom stereocenters. The number of carbonyl (C=O) groups excluding carboxylic acids is 2. The van der Waals surface area contributed by atoms with Crippen LogP contribution in [0.5, 0.6) is 5.75 Å². The first kappa shape index (κ1) is 21.0. The lowest BCUT2D eigenvalue weighted by atomic mass is 9.90. The number of hydrogen-bond acceptors (Lipinski definition) is 5. The first-order valence-corrected chi connectivity index (χ1v) is 11.3. The summed E-state index contributed by atoms with van der Waals surface area (Å²) in [4.78, 5) is 32.2. The number of rotatable bonds is 6. The molecule has 1 aliphatic heterocycles. The first-order valence-electron chi connectivity index (χ1n) is 9.96. The van der Waals surface area contributed by atoms with Crippen molar-refractivity contribution in [2.45, 2.75) is 24.2 Å². The second-order valence-electron chi connectivity index (χ2n) is 7.81. The van der Waals surface area contributed by atoms with Crippen LogP contribution in [-0.4, -0.2) is 47.7 Å². The van der Waals surface area contributed by atoms with E-state index in [9.17, 15) is 9.59 Å². The van der Waals surface area contributed by atoms with Gasteiger partial charge in [-0.2, -0.15) is 0 Å². The third kappa shape index (κ3) is 4.57. The van der Waals surface area contributed by atoms with Crippen molar-refractivity contribution in [1.82, 2.24) is 9.88 Å². The van der Waals surface area contributed by atoms with Crippen LogP contribution in [0.4, 0.5) is 5.69 Å². The number of pyridine rings is 1. The number of nitrogens with one attached hydrogen (secondary N) is 1. The monoisotopic (exact) mass is 445 g/mol. The van der Waals surface area contributed by atoms with Crippen LogP contribution in [0, 0.1) is 11.3 Å². The van der Waals surface area contributed by atoms with E-state index in [1.165, 1.54) is 11.8 Å². The van der Waals surface area contributed by atoms with E-state index in [1.54, 1.807) is 37.7 Å². The predicted molar refractivity (Wildman–Crippen MR) is 118 cm³/mol. The molecular formula is C22H24ClN3O3S. The molecule has 1 N–H and O–H groups in total. The molecule has 0 bridgehead atoms. The fourth-order valence-electron chi connectivity index (χ4n) is 4.12. The molecule has 2 fully saturated rings. The second-order valence-corrected chi connectivity index (χ2v) is 9.27. The summed E-state index contributed by atoms with van der Waals surface area (Å²) < 4.78 is 5.15. The highest BCUT2D eigenvalue weighted by Crippen LogP contribution is 2.59. The summed E-state index contributed by atoms with van der Waals surface area (Å²) in [5.74, 6) is 1.20. The van der Waals surface area contributed by atoms with Gasteiger partial charge in [-0.25, -0.2) is 0 Å². The Morgan fingerprint density at radius 2 is 2.00 bits per heavy atom. The van der Waals surface area contributed by atoms with Crippen molar-refractivity contribution in [1.29, 1.82) is 0 Å². The number of nitrogens with zero attached hydrogens (tertiary/aromatic N) is 2. The third-order valence-electron chi connectivity index (χ3n) is 6.05. The molecule has 1 aliphatic carbocycles. The molecule has 2 aliphatic rings. The number of carbonyl (C=O) groups is 2. The Morgan fingerprint density at radius 3 is 2.67 bits per heavy atom. The molecule has 2 aromatic rings. The summed E-state index contributed by atoms with van der Waals surface area (Å²) >= 11 is 7.68. The van der Waals surface area contributed by atoms with Crippen LogP contribution in [-0.2, 0) is 9.59 Å². The molecule has 1 spiro atoms.